The van der Waals surface area contributed by atoms with E-state index < -0.39 is 29.2 Å². The third-order valence-electron chi connectivity index (χ3n) is 5.92. The van der Waals surface area contributed by atoms with Crippen molar-refractivity contribution in [3.05, 3.63) is 24.3 Å². The van der Waals surface area contributed by atoms with Gasteiger partial charge in [0.1, 0.15) is 17.8 Å². The zero-order chi connectivity index (χ0) is 16.6. The highest BCUT2D eigenvalue weighted by Crippen LogP contribution is 2.60. The van der Waals surface area contributed by atoms with Crippen molar-refractivity contribution in [3.8, 4) is 0 Å². The Balaban J connectivity index is 1.71. The summed E-state index contributed by atoms with van der Waals surface area (Å²) in [4.78, 5) is 23.2. The number of hydrogen-bond donors (Lipinski definition) is 1. The molecule has 23 heavy (non-hydrogen) atoms. The van der Waals surface area contributed by atoms with Crippen LogP contribution in [0.25, 0.3) is 0 Å². The van der Waals surface area contributed by atoms with E-state index in [9.17, 15) is 14.7 Å². The maximum atomic E-state index is 11.8. The Morgan fingerprint density at radius 2 is 2.09 bits per heavy atom. The molecule has 1 spiro atoms. The molecule has 0 amide bonds. The van der Waals surface area contributed by atoms with E-state index >= 15 is 0 Å². The van der Waals surface area contributed by atoms with Gasteiger partial charge in [0.25, 0.3) is 0 Å². The van der Waals surface area contributed by atoms with Crippen LogP contribution in [0.1, 0.15) is 26.2 Å². The summed E-state index contributed by atoms with van der Waals surface area (Å²) in [7, 11) is 0. The molecule has 2 aliphatic carbocycles. The molecule has 6 nitrogen and oxygen atoms in total. The first-order valence-electron chi connectivity index (χ1n) is 7.89. The third-order valence-corrected chi connectivity index (χ3v) is 5.92. The van der Waals surface area contributed by atoms with Gasteiger partial charge in [-0.3, -0.25) is 4.79 Å². The second kappa shape index (κ2) is 4.45. The molecule has 4 rings (SSSR count). The van der Waals surface area contributed by atoms with Crippen LogP contribution in [0, 0.1) is 11.8 Å². The van der Waals surface area contributed by atoms with Gasteiger partial charge in [-0.05, 0) is 18.4 Å². The van der Waals surface area contributed by atoms with Gasteiger partial charge in [0.2, 0.25) is 0 Å². The number of ether oxygens (including phenoxy) is 3. The summed E-state index contributed by atoms with van der Waals surface area (Å²) in [6.45, 7) is 9.68. The summed E-state index contributed by atoms with van der Waals surface area (Å²) in [5.74, 6) is -1.28. The lowest BCUT2D eigenvalue weighted by Crippen LogP contribution is -2.42. The normalized spacial score (nSPS) is 47.8. The number of fused-ring (bicyclic) bond motifs is 3. The summed E-state index contributed by atoms with van der Waals surface area (Å²) in [5, 5.41) is 11.4. The molecule has 0 aromatic carbocycles. The summed E-state index contributed by atoms with van der Waals surface area (Å²) in [6.07, 6.45) is 0.484. The summed E-state index contributed by atoms with van der Waals surface area (Å²) < 4.78 is 16.5. The fraction of sp³-hybridized carbons (Fsp3) is 0.647. The van der Waals surface area contributed by atoms with Crippen molar-refractivity contribution in [2.75, 3.05) is 6.61 Å². The van der Waals surface area contributed by atoms with Crippen LogP contribution in [0.2, 0.25) is 0 Å². The molecule has 6 atom stereocenters. The molecule has 0 aromatic heterocycles. The van der Waals surface area contributed by atoms with Gasteiger partial charge in [-0.25, -0.2) is 4.79 Å². The zero-order valence-corrected chi connectivity index (χ0v) is 13.0. The predicted octanol–water partition coefficient (Wildman–Crippen LogP) is 0.886. The number of esters is 2. The molecule has 2 aliphatic heterocycles. The Hall–Kier alpha value is -1.66. The van der Waals surface area contributed by atoms with Crippen LogP contribution in [-0.4, -0.2) is 47.1 Å². The van der Waals surface area contributed by atoms with Gasteiger partial charge in [0, 0.05) is 30.8 Å². The van der Waals surface area contributed by atoms with Crippen molar-refractivity contribution < 1.29 is 28.9 Å². The SMILES string of the molecule is C=C1C(=O)O[C@@H]2C[C@]3(CO3)[C@@H]3C[C@@H](OC(C)=O)C(=C)[C@]3(O)C[C@H]12. The Morgan fingerprint density at radius 1 is 1.39 bits per heavy atom. The second-order valence-electron chi connectivity index (χ2n) is 7.17. The quantitative estimate of drug-likeness (QED) is 0.334. The molecular formula is C17H20O6. The molecule has 2 heterocycles. The highest BCUT2D eigenvalue weighted by molar-refractivity contribution is 5.90. The van der Waals surface area contributed by atoms with E-state index in [1.807, 2.05) is 0 Å². The Bertz CT molecular complexity index is 633. The first-order chi connectivity index (χ1) is 10.8. The van der Waals surface area contributed by atoms with Crippen molar-refractivity contribution in [2.24, 2.45) is 11.8 Å². The number of carbonyl (C=O) groups excluding carboxylic acids is 2. The van der Waals surface area contributed by atoms with Gasteiger partial charge in [0.15, 0.2) is 0 Å². The Morgan fingerprint density at radius 3 is 2.70 bits per heavy atom. The molecule has 0 aromatic rings. The Kier molecular flexibility index (Phi) is 2.88. The van der Waals surface area contributed by atoms with Gasteiger partial charge >= 0.3 is 11.9 Å². The summed E-state index contributed by atoms with van der Waals surface area (Å²) in [5.41, 5.74) is -0.895. The van der Waals surface area contributed by atoms with Crippen LogP contribution in [-0.2, 0) is 23.8 Å². The first kappa shape index (κ1) is 14.9. The molecule has 6 heteroatoms. The monoisotopic (exact) mass is 320 g/mol. The van der Waals surface area contributed by atoms with Crippen LogP contribution in [0.15, 0.2) is 24.3 Å². The highest BCUT2D eigenvalue weighted by atomic mass is 16.6. The minimum atomic E-state index is -1.24. The number of rotatable bonds is 1. The lowest BCUT2D eigenvalue weighted by atomic mass is 9.77. The standard InChI is InChI=1S/C17H20O6/c1-8-11-5-17(20)9(2)12(22-10(3)18)4-14(17)16(7-21-16)6-13(11)23-15(8)19/h11-14,20H,1-2,4-7H2,3H3/t11-,12-,13-,14+,16+,17-/m1/s1. The third kappa shape index (κ3) is 1.94. The number of aliphatic hydroxyl groups is 1. The average molecular weight is 320 g/mol. The van der Waals surface area contributed by atoms with Gasteiger partial charge < -0.3 is 19.3 Å². The number of hydrogen-bond acceptors (Lipinski definition) is 6. The van der Waals surface area contributed by atoms with E-state index in [1.54, 1.807) is 0 Å². The fourth-order valence-electron chi connectivity index (χ4n) is 4.64. The van der Waals surface area contributed by atoms with Crippen LogP contribution in [0.5, 0.6) is 0 Å². The van der Waals surface area contributed by atoms with Crippen molar-refractivity contribution in [2.45, 2.75) is 49.6 Å². The molecule has 4 aliphatic rings. The average Bonchev–Trinajstić information content (AvgIpc) is 3.16. The van der Waals surface area contributed by atoms with E-state index in [-0.39, 0.29) is 17.9 Å². The van der Waals surface area contributed by atoms with Crippen molar-refractivity contribution >= 4 is 11.9 Å². The Labute approximate surface area is 134 Å². The smallest absolute Gasteiger partial charge is 0.334 e. The minimum absolute atomic E-state index is 0.219. The van der Waals surface area contributed by atoms with E-state index in [1.165, 1.54) is 6.92 Å². The molecule has 4 fully saturated rings. The second-order valence-corrected chi connectivity index (χ2v) is 7.17. The van der Waals surface area contributed by atoms with Crippen molar-refractivity contribution in [1.29, 1.82) is 0 Å². The molecule has 0 bridgehead atoms. The zero-order valence-electron chi connectivity index (χ0n) is 13.0. The van der Waals surface area contributed by atoms with Crippen molar-refractivity contribution in [3.63, 3.8) is 0 Å². The van der Waals surface area contributed by atoms with E-state index in [2.05, 4.69) is 13.2 Å². The van der Waals surface area contributed by atoms with E-state index in [0.29, 0.717) is 37.0 Å². The van der Waals surface area contributed by atoms with Gasteiger partial charge in [-0.1, -0.05) is 13.2 Å². The lowest BCUT2D eigenvalue weighted by molar-refractivity contribution is -0.145. The van der Waals surface area contributed by atoms with Crippen molar-refractivity contribution in [1.82, 2.24) is 0 Å². The molecule has 2 saturated carbocycles. The van der Waals surface area contributed by atoms with Gasteiger partial charge in [0.05, 0.1) is 12.2 Å². The fourth-order valence-corrected chi connectivity index (χ4v) is 4.64. The van der Waals surface area contributed by atoms with Crippen LogP contribution in [0.4, 0.5) is 0 Å². The molecule has 0 unspecified atom stereocenters. The summed E-state index contributed by atoms with van der Waals surface area (Å²) >= 11 is 0. The largest absolute Gasteiger partial charge is 0.458 e. The van der Waals surface area contributed by atoms with E-state index in [0.717, 1.165) is 0 Å². The molecule has 2 saturated heterocycles. The first-order valence-corrected chi connectivity index (χ1v) is 7.89. The van der Waals surface area contributed by atoms with Gasteiger partial charge in [-0.15, -0.1) is 0 Å². The molecular weight excluding hydrogens is 300 g/mol. The van der Waals surface area contributed by atoms with Crippen LogP contribution < -0.4 is 0 Å². The van der Waals surface area contributed by atoms with Crippen LogP contribution >= 0.6 is 0 Å². The minimum Gasteiger partial charge on any atom is -0.458 e. The topological polar surface area (TPSA) is 85.4 Å². The lowest BCUT2D eigenvalue weighted by Gasteiger charge is -2.33. The number of carbonyl (C=O) groups is 2. The molecule has 0 radical (unpaired) electrons. The molecule has 124 valence electrons. The van der Waals surface area contributed by atoms with E-state index in [4.69, 9.17) is 14.2 Å². The maximum absolute atomic E-state index is 11.8. The van der Waals surface area contributed by atoms with Crippen LogP contribution in [0.3, 0.4) is 0 Å². The molecule has 1 N–H and O–H groups in total. The summed E-state index contributed by atoms with van der Waals surface area (Å²) in [6, 6.07) is 0. The van der Waals surface area contributed by atoms with Gasteiger partial charge in [-0.2, -0.15) is 0 Å². The maximum Gasteiger partial charge on any atom is 0.334 e. The predicted molar refractivity (Wildman–Crippen MR) is 78.2 cm³/mol. The highest BCUT2D eigenvalue weighted by Gasteiger charge is 2.69. The number of epoxide rings is 1.